The monoisotopic (exact) mass is 377 g/mol. The lowest BCUT2D eigenvalue weighted by Gasteiger charge is -2.16. The molecule has 1 aliphatic heterocycles. The molecular formula is C19H21Cl2N3O. The first-order valence-corrected chi connectivity index (χ1v) is 9.01. The Morgan fingerprint density at radius 3 is 2.72 bits per heavy atom. The van der Waals surface area contributed by atoms with Crippen molar-refractivity contribution in [3.8, 4) is 0 Å². The number of nitrogens with one attached hydrogen (secondary N) is 1. The zero-order valence-corrected chi connectivity index (χ0v) is 15.5. The molecular weight excluding hydrogens is 357 g/mol. The molecule has 132 valence electrons. The Balaban J connectivity index is 1.68. The Labute approximate surface area is 157 Å². The molecule has 2 unspecified atom stereocenters. The molecule has 25 heavy (non-hydrogen) atoms. The molecule has 4 nitrogen and oxygen atoms in total. The number of likely N-dealkylation sites (tertiary alicyclic amines) is 1. The van der Waals surface area contributed by atoms with Crippen LogP contribution in [0.2, 0.25) is 10.0 Å². The molecule has 0 radical (unpaired) electrons. The largest absolute Gasteiger partial charge is 0.326 e. The molecule has 0 bridgehead atoms. The van der Waals surface area contributed by atoms with Gasteiger partial charge in [0, 0.05) is 36.4 Å². The molecule has 1 saturated heterocycles. The highest BCUT2D eigenvalue weighted by atomic mass is 35.5. The highest BCUT2D eigenvalue weighted by molar-refractivity contribution is 6.37. The van der Waals surface area contributed by atoms with E-state index in [1.165, 1.54) is 0 Å². The van der Waals surface area contributed by atoms with Gasteiger partial charge in [-0.15, -0.1) is 0 Å². The van der Waals surface area contributed by atoms with Gasteiger partial charge < -0.3 is 11.1 Å². The molecule has 3 N–H and O–H groups in total. The van der Waals surface area contributed by atoms with Crippen LogP contribution in [0.4, 0.5) is 5.69 Å². The summed E-state index contributed by atoms with van der Waals surface area (Å²) in [4.78, 5) is 14.8. The maximum Gasteiger partial charge on any atom is 0.257 e. The van der Waals surface area contributed by atoms with Crippen molar-refractivity contribution >= 4 is 34.8 Å². The van der Waals surface area contributed by atoms with Crippen molar-refractivity contribution in [2.24, 2.45) is 11.7 Å². The molecule has 1 fully saturated rings. The molecule has 1 heterocycles. The Bertz CT molecular complexity index is 771. The van der Waals surface area contributed by atoms with Crippen LogP contribution in [0, 0.1) is 5.92 Å². The number of hydrogen-bond donors (Lipinski definition) is 2. The first kappa shape index (κ1) is 18.2. The van der Waals surface area contributed by atoms with Crippen LogP contribution in [-0.4, -0.2) is 29.9 Å². The number of carbonyl (C=O) groups excluding carboxylic acids is 1. The molecule has 0 spiro atoms. The molecule has 2 aromatic carbocycles. The first-order valence-electron chi connectivity index (χ1n) is 8.25. The van der Waals surface area contributed by atoms with Gasteiger partial charge in [-0.1, -0.05) is 42.3 Å². The summed E-state index contributed by atoms with van der Waals surface area (Å²) in [6, 6.07) is 12.9. The van der Waals surface area contributed by atoms with Gasteiger partial charge in [0.15, 0.2) is 0 Å². The van der Waals surface area contributed by atoms with Gasteiger partial charge in [-0.3, -0.25) is 9.69 Å². The lowest BCUT2D eigenvalue weighted by atomic mass is 10.1. The van der Waals surface area contributed by atoms with Gasteiger partial charge in [0.05, 0.1) is 10.6 Å². The Morgan fingerprint density at radius 2 is 2.04 bits per heavy atom. The zero-order chi connectivity index (χ0) is 18.0. The molecule has 0 aliphatic carbocycles. The predicted molar refractivity (Wildman–Crippen MR) is 103 cm³/mol. The number of amides is 1. The van der Waals surface area contributed by atoms with E-state index in [4.69, 9.17) is 28.9 Å². The fraction of sp³-hybridized carbons (Fsp3) is 0.316. The Morgan fingerprint density at radius 1 is 1.24 bits per heavy atom. The van der Waals surface area contributed by atoms with E-state index in [0.717, 1.165) is 30.9 Å². The second-order valence-corrected chi connectivity index (χ2v) is 7.46. The van der Waals surface area contributed by atoms with Crippen LogP contribution in [-0.2, 0) is 6.54 Å². The number of halogens is 2. The number of nitrogens with zero attached hydrogens (tertiary/aromatic N) is 1. The average Bonchev–Trinajstić information content (AvgIpc) is 2.85. The van der Waals surface area contributed by atoms with Crippen molar-refractivity contribution in [3.63, 3.8) is 0 Å². The average molecular weight is 378 g/mol. The van der Waals surface area contributed by atoms with Crippen LogP contribution in [0.5, 0.6) is 0 Å². The van der Waals surface area contributed by atoms with Crippen molar-refractivity contribution < 1.29 is 4.79 Å². The topological polar surface area (TPSA) is 58.4 Å². The lowest BCUT2D eigenvalue weighted by Crippen LogP contribution is -2.28. The third kappa shape index (κ3) is 4.53. The molecule has 3 rings (SSSR count). The summed E-state index contributed by atoms with van der Waals surface area (Å²) in [7, 11) is 0. The van der Waals surface area contributed by atoms with Crippen LogP contribution >= 0.6 is 23.2 Å². The standard InChI is InChI=1S/C19H21Cl2N3O/c1-12-9-24(11-18(12)22)10-13-3-2-4-15(7-13)23-19(25)16-6-5-14(20)8-17(16)21/h2-8,12,18H,9-11,22H2,1H3,(H,23,25). The highest BCUT2D eigenvalue weighted by Crippen LogP contribution is 2.23. The fourth-order valence-corrected chi connectivity index (χ4v) is 3.60. The van der Waals surface area contributed by atoms with E-state index in [-0.39, 0.29) is 11.9 Å². The van der Waals surface area contributed by atoms with E-state index in [2.05, 4.69) is 23.2 Å². The van der Waals surface area contributed by atoms with Crippen molar-refractivity contribution in [1.82, 2.24) is 4.90 Å². The maximum atomic E-state index is 12.4. The van der Waals surface area contributed by atoms with Crippen molar-refractivity contribution in [2.75, 3.05) is 18.4 Å². The third-order valence-corrected chi connectivity index (χ3v) is 5.06. The van der Waals surface area contributed by atoms with E-state index in [1.54, 1.807) is 18.2 Å². The summed E-state index contributed by atoms with van der Waals surface area (Å²) < 4.78 is 0. The number of carbonyl (C=O) groups is 1. The highest BCUT2D eigenvalue weighted by Gasteiger charge is 2.26. The minimum Gasteiger partial charge on any atom is -0.326 e. The fourth-order valence-electron chi connectivity index (χ4n) is 3.10. The molecule has 2 aromatic rings. The van der Waals surface area contributed by atoms with Crippen LogP contribution in [0.1, 0.15) is 22.8 Å². The summed E-state index contributed by atoms with van der Waals surface area (Å²) in [5, 5.41) is 3.73. The third-order valence-electron chi connectivity index (χ3n) is 4.51. The number of benzene rings is 2. The Hall–Kier alpha value is -1.59. The summed E-state index contributed by atoms with van der Waals surface area (Å²) in [5.41, 5.74) is 8.37. The number of hydrogen-bond acceptors (Lipinski definition) is 3. The molecule has 6 heteroatoms. The van der Waals surface area contributed by atoms with Crippen molar-refractivity contribution in [3.05, 3.63) is 63.6 Å². The lowest BCUT2D eigenvalue weighted by molar-refractivity contribution is 0.102. The minimum absolute atomic E-state index is 0.231. The second kappa shape index (κ2) is 7.75. The quantitative estimate of drug-likeness (QED) is 0.845. The van der Waals surface area contributed by atoms with E-state index >= 15 is 0 Å². The smallest absolute Gasteiger partial charge is 0.257 e. The zero-order valence-electron chi connectivity index (χ0n) is 14.0. The number of nitrogens with two attached hydrogens (primary N) is 1. The van der Waals surface area contributed by atoms with Crippen LogP contribution in [0.3, 0.4) is 0 Å². The molecule has 2 atom stereocenters. The van der Waals surface area contributed by atoms with E-state index in [0.29, 0.717) is 21.5 Å². The van der Waals surface area contributed by atoms with Crippen molar-refractivity contribution in [2.45, 2.75) is 19.5 Å². The molecule has 1 aliphatic rings. The molecule has 0 saturated carbocycles. The summed E-state index contributed by atoms with van der Waals surface area (Å²) in [6.07, 6.45) is 0. The van der Waals surface area contributed by atoms with E-state index in [1.807, 2.05) is 18.2 Å². The van der Waals surface area contributed by atoms with Gasteiger partial charge >= 0.3 is 0 Å². The number of rotatable bonds is 4. The maximum absolute atomic E-state index is 12.4. The summed E-state index contributed by atoms with van der Waals surface area (Å²) >= 11 is 12.0. The SMILES string of the molecule is CC1CN(Cc2cccc(NC(=O)c3ccc(Cl)cc3Cl)c2)CC1N. The molecule has 0 aromatic heterocycles. The van der Waals surface area contributed by atoms with E-state index < -0.39 is 0 Å². The van der Waals surface area contributed by atoms with Crippen molar-refractivity contribution in [1.29, 1.82) is 0 Å². The normalized spacial score (nSPS) is 20.6. The van der Waals surface area contributed by atoms with Gasteiger partial charge in [-0.25, -0.2) is 0 Å². The van der Waals surface area contributed by atoms with Gasteiger partial charge in [-0.2, -0.15) is 0 Å². The Kier molecular flexibility index (Phi) is 5.64. The van der Waals surface area contributed by atoms with Crippen LogP contribution in [0.25, 0.3) is 0 Å². The first-order chi connectivity index (χ1) is 11.9. The van der Waals surface area contributed by atoms with Gasteiger partial charge in [0.1, 0.15) is 0 Å². The predicted octanol–water partition coefficient (Wildman–Crippen LogP) is 4.02. The van der Waals surface area contributed by atoms with Gasteiger partial charge in [-0.05, 0) is 41.8 Å². The van der Waals surface area contributed by atoms with Crippen LogP contribution < -0.4 is 11.1 Å². The minimum atomic E-state index is -0.254. The van der Waals surface area contributed by atoms with Gasteiger partial charge in [0.25, 0.3) is 5.91 Å². The molecule has 1 amide bonds. The van der Waals surface area contributed by atoms with Gasteiger partial charge in [0.2, 0.25) is 0 Å². The van der Waals surface area contributed by atoms with E-state index in [9.17, 15) is 4.79 Å². The van der Waals surface area contributed by atoms with Crippen LogP contribution in [0.15, 0.2) is 42.5 Å². The number of anilines is 1. The summed E-state index contributed by atoms with van der Waals surface area (Å²) in [5.74, 6) is 0.255. The summed E-state index contributed by atoms with van der Waals surface area (Å²) in [6.45, 7) is 4.90. The second-order valence-electron chi connectivity index (χ2n) is 6.61.